The summed E-state index contributed by atoms with van der Waals surface area (Å²) >= 11 is 4.04. The average molecular weight is 441 g/mol. The first kappa shape index (κ1) is 19.9. The third-order valence-electron chi connectivity index (χ3n) is 6.58. The Hall–Kier alpha value is -1.42. The Labute approximate surface area is 177 Å². The van der Waals surface area contributed by atoms with E-state index in [0.29, 0.717) is 18.0 Å². The van der Waals surface area contributed by atoms with Gasteiger partial charge >= 0.3 is 0 Å². The molecule has 0 spiro atoms. The fourth-order valence-electron chi connectivity index (χ4n) is 5.46. The molecule has 148 valence electrons. The maximum absolute atomic E-state index is 6.58. The molecule has 2 nitrogen and oxygen atoms in total. The standard InChI is InChI=1S/C25H29BrO2/c1-4-27-15-16-28-23-24(2)17-20(26)25(23,3)22(19-13-9-6-10-14-19)21(24)18-11-7-5-8-12-18/h5-14,20,23H,4,15-17H2,1-3H3/t20-,23+,24-,25+/m0/s1. The zero-order valence-corrected chi connectivity index (χ0v) is 18.5. The summed E-state index contributed by atoms with van der Waals surface area (Å²) in [5.41, 5.74) is 5.35. The number of ether oxygens (including phenoxy) is 2. The molecule has 1 saturated carbocycles. The summed E-state index contributed by atoms with van der Waals surface area (Å²) in [6.07, 6.45) is 1.19. The molecule has 0 heterocycles. The first-order valence-corrected chi connectivity index (χ1v) is 11.1. The highest BCUT2D eigenvalue weighted by molar-refractivity contribution is 9.09. The number of hydrogen-bond donors (Lipinski definition) is 0. The molecular formula is C25H29BrO2. The SMILES string of the molecule is CCOCCO[C@H]1[C@@]2(C)C(c3ccccc3)=C(c3ccccc3)[C@]1(C)C[C@@H]2Br. The molecular weight excluding hydrogens is 412 g/mol. The number of hydrogen-bond acceptors (Lipinski definition) is 2. The van der Waals surface area contributed by atoms with Gasteiger partial charge in [-0.3, -0.25) is 0 Å². The van der Waals surface area contributed by atoms with Crippen LogP contribution in [0.15, 0.2) is 60.7 Å². The van der Waals surface area contributed by atoms with Gasteiger partial charge in [0.2, 0.25) is 0 Å². The molecule has 2 bridgehead atoms. The van der Waals surface area contributed by atoms with E-state index >= 15 is 0 Å². The Morgan fingerprint density at radius 2 is 1.46 bits per heavy atom. The van der Waals surface area contributed by atoms with Gasteiger partial charge in [-0.2, -0.15) is 0 Å². The summed E-state index contributed by atoms with van der Waals surface area (Å²) in [5, 5.41) is 0. The predicted octanol–water partition coefficient (Wildman–Crippen LogP) is 6.21. The molecule has 28 heavy (non-hydrogen) atoms. The van der Waals surface area contributed by atoms with E-state index in [0.717, 1.165) is 13.0 Å². The van der Waals surface area contributed by atoms with Crippen molar-refractivity contribution >= 4 is 27.1 Å². The summed E-state index contributed by atoms with van der Waals surface area (Å²) in [6.45, 7) is 8.80. The van der Waals surface area contributed by atoms with Crippen LogP contribution in [-0.4, -0.2) is 30.8 Å². The van der Waals surface area contributed by atoms with Crippen LogP contribution in [0, 0.1) is 10.8 Å². The van der Waals surface area contributed by atoms with Crippen molar-refractivity contribution < 1.29 is 9.47 Å². The monoisotopic (exact) mass is 440 g/mol. The third kappa shape index (κ3) is 2.99. The van der Waals surface area contributed by atoms with Crippen LogP contribution in [0.1, 0.15) is 38.3 Å². The lowest BCUT2D eigenvalue weighted by Crippen LogP contribution is -2.37. The fraction of sp³-hybridized carbons (Fsp3) is 0.440. The van der Waals surface area contributed by atoms with Crippen LogP contribution < -0.4 is 0 Å². The minimum atomic E-state index is -0.0898. The van der Waals surface area contributed by atoms with E-state index < -0.39 is 0 Å². The predicted molar refractivity (Wildman–Crippen MR) is 119 cm³/mol. The second-order valence-electron chi connectivity index (χ2n) is 8.30. The molecule has 0 saturated heterocycles. The minimum absolute atomic E-state index is 0.0400. The van der Waals surface area contributed by atoms with Crippen LogP contribution in [0.25, 0.3) is 11.1 Å². The van der Waals surface area contributed by atoms with Gasteiger partial charge in [-0.15, -0.1) is 0 Å². The minimum Gasteiger partial charge on any atom is -0.379 e. The van der Waals surface area contributed by atoms with Gasteiger partial charge in [0.1, 0.15) is 0 Å². The van der Waals surface area contributed by atoms with Crippen molar-refractivity contribution in [1.29, 1.82) is 0 Å². The first-order chi connectivity index (χ1) is 13.5. The summed E-state index contributed by atoms with van der Waals surface area (Å²) < 4.78 is 12.1. The van der Waals surface area contributed by atoms with Gasteiger partial charge in [-0.05, 0) is 35.6 Å². The second-order valence-corrected chi connectivity index (χ2v) is 9.41. The van der Waals surface area contributed by atoms with Crippen LogP contribution in [0.2, 0.25) is 0 Å². The van der Waals surface area contributed by atoms with E-state index in [2.05, 4.69) is 90.4 Å². The largest absolute Gasteiger partial charge is 0.379 e. The maximum atomic E-state index is 6.58. The second kappa shape index (κ2) is 7.78. The van der Waals surface area contributed by atoms with Crippen molar-refractivity contribution in [2.24, 2.45) is 10.8 Å². The zero-order chi connectivity index (χ0) is 19.8. The number of benzene rings is 2. The summed E-state index contributed by atoms with van der Waals surface area (Å²) in [6, 6.07) is 21.7. The first-order valence-electron chi connectivity index (χ1n) is 10.2. The zero-order valence-electron chi connectivity index (χ0n) is 17.0. The van der Waals surface area contributed by atoms with Crippen LogP contribution in [0.4, 0.5) is 0 Å². The van der Waals surface area contributed by atoms with Gasteiger partial charge in [0.15, 0.2) is 0 Å². The normalized spacial score (nSPS) is 31.6. The number of alkyl halides is 1. The van der Waals surface area contributed by atoms with E-state index in [1.165, 1.54) is 22.3 Å². The molecule has 2 aromatic rings. The highest BCUT2D eigenvalue weighted by Gasteiger charge is 2.67. The van der Waals surface area contributed by atoms with Gasteiger partial charge < -0.3 is 9.47 Å². The summed E-state index contributed by atoms with van der Waals surface area (Å²) in [7, 11) is 0. The fourth-order valence-corrected chi connectivity index (χ4v) is 6.60. The topological polar surface area (TPSA) is 18.5 Å². The maximum Gasteiger partial charge on any atom is 0.0775 e. The Morgan fingerprint density at radius 3 is 2.04 bits per heavy atom. The molecule has 1 fully saturated rings. The third-order valence-corrected chi connectivity index (χ3v) is 7.85. The van der Waals surface area contributed by atoms with Crippen LogP contribution in [0.5, 0.6) is 0 Å². The molecule has 2 aliphatic rings. The molecule has 0 aromatic heterocycles. The highest BCUT2D eigenvalue weighted by atomic mass is 79.9. The lowest BCUT2D eigenvalue weighted by Gasteiger charge is -2.35. The number of rotatable bonds is 7. The lowest BCUT2D eigenvalue weighted by atomic mass is 9.73. The molecule has 0 aliphatic heterocycles. The Balaban J connectivity index is 1.85. The molecule has 0 N–H and O–H groups in total. The van der Waals surface area contributed by atoms with Crippen molar-refractivity contribution in [3.63, 3.8) is 0 Å². The van der Waals surface area contributed by atoms with Crippen molar-refractivity contribution in [3.05, 3.63) is 71.8 Å². The molecule has 3 heteroatoms. The summed E-state index contributed by atoms with van der Waals surface area (Å²) in [4.78, 5) is 0.379. The highest BCUT2D eigenvalue weighted by Crippen LogP contribution is 2.71. The van der Waals surface area contributed by atoms with Gasteiger partial charge in [0, 0.05) is 22.3 Å². The van der Waals surface area contributed by atoms with Crippen molar-refractivity contribution in [2.75, 3.05) is 19.8 Å². The molecule has 4 rings (SSSR count). The molecule has 0 amide bonds. The Morgan fingerprint density at radius 1 is 0.893 bits per heavy atom. The number of halogens is 1. The molecule has 2 aromatic carbocycles. The van der Waals surface area contributed by atoms with Crippen molar-refractivity contribution in [2.45, 2.75) is 38.1 Å². The van der Waals surface area contributed by atoms with Crippen LogP contribution >= 0.6 is 15.9 Å². The molecule has 0 unspecified atom stereocenters. The van der Waals surface area contributed by atoms with E-state index in [1.54, 1.807) is 0 Å². The van der Waals surface area contributed by atoms with Gasteiger partial charge in [0.25, 0.3) is 0 Å². The lowest BCUT2D eigenvalue weighted by molar-refractivity contribution is -0.0467. The van der Waals surface area contributed by atoms with Crippen molar-refractivity contribution in [3.8, 4) is 0 Å². The van der Waals surface area contributed by atoms with Gasteiger partial charge in [-0.1, -0.05) is 90.4 Å². The summed E-state index contributed by atoms with van der Waals surface area (Å²) in [5.74, 6) is 0. The molecule has 4 atom stereocenters. The number of fused-ring (bicyclic) bond motifs is 2. The van der Waals surface area contributed by atoms with Gasteiger partial charge in [0.05, 0.1) is 19.3 Å². The van der Waals surface area contributed by atoms with Gasteiger partial charge in [-0.25, -0.2) is 0 Å². The van der Waals surface area contributed by atoms with E-state index in [9.17, 15) is 0 Å². The van der Waals surface area contributed by atoms with E-state index in [1.807, 2.05) is 6.92 Å². The Bertz CT molecular complexity index is 847. The molecule has 0 radical (unpaired) electrons. The van der Waals surface area contributed by atoms with Crippen LogP contribution in [-0.2, 0) is 9.47 Å². The Kier molecular flexibility index (Phi) is 5.52. The van der Waals surface area contributed by atoms with Crippen LogP contribution in [0.3, 0.4) is 0 Å². The van der Waals surface area contributed by atoms with E-state index in [4.69, 9.17) is 9.47 Å². The van der Waals surface area contributed by atoms with E-state index in [-0.39, 0.29) is 16.9 Å². The smallest absolute Gasteiger partial charge is 0.0775 e. The quantitative estimate of drug-likeness (QED) is 0.376. The molecule has 2 aliphatic carbocycles. The average Bonchev–Trinajstić information content (AvgIpc) is 3.03. The van der Waals surface area contributed by atoms with Crippen molar-refractivity contribution in [1.82, 2.24) is 0 Å².